The van der Waals surface area contributed by atoms with Gasteiger partial charge in [-0.2, -0.15) is 0 Å². The van der Waals surface area contributed by atoms with Crippen LogP contribution in [-0.2, 0) is 9.63 Å². The van der Waals surface area contributed by atoms with Gasteiger partial charge in [-0.15, -0.1) is 0 Å². The summed E-state index contributed by atoms with van der Waals surface area (Å²) in [5.74, 6) is -0.000602. The molecule has 3 nitrogen and oxygen atoms in total. The summed E-state index contributed by atoms with van der Waals surface area (Å²) in [7, 11) is 1.64. The van der Waals surface area contributed by atoms with E-state index in [9.17, 15) is 4.79 Å². The van der Waals surface area contributed by atoms with Gasteiger partial charge in [0.15, 0.2) is 0 Å². The van der Waals surface area contributed by atoms with E-state index in [0.717, 1.165) is 0 Å². The smallest absolute Gasteiger partial charge is 0.251 e. The molecule has 0 atom stereocenters. The number of hydroxylamine groups is 2. The van der Waals surface area contributed by atoms with Crippen LogP contribution in [0.15, 0.2) is 0 Å². The van der Waals surface area contributed by atoms with Gasteiger partial charge in [-0.1, -0.05) is 20.8 Å². The van der Waals surface area contributed by atoms with E-state index in [4.69, 9.17) is 4.84 Å². The second kappa shape index (κ2) is 3.72. The first-order chi connectivity index (χ1) is 4.89. The summed E-state index contributed by atoms with van der Waals surface area (Å²) in [5.41, 5.74) is -0.357. The zero-order valence-electron chi connectivity index (χ0n) is 7.97. The van der Waals surface area contributed by atoms with Crippen LogP contribution in [0, 0.1) is 5.41 Å². The standard InChI is InChI=1S/C8H17NO2/c1-6-11-9(5)7(10)8(2,3)4/h6H2,1-5H3. The molecule has 3 heteroatoms. The molecule has 0 aliphatic heterocycles. The first-order valence-electron chi connectivity index (χ1n) is 3.80. The maximum atomic E-state index is 11.4. The van der Waals surface area contributed by atoms with E-state index in [1.807, 2.05) is 27.7 Å². The van der Waals surface area contributed by atoms with E-state index in [2.05, 4.69) is 0 Å². The number of carbonyl (C=O) groups excluding carboxylic acids is 1. The Morgan fingerprint density at radius 1 is 1.45 bits per heavy atom. The van der Waals surface area contributed by atoms with E-state index in [1.165, 1.54) is 5.06 Å². The van der Waals surface area contributed by atoms with Crippen molar-refractivity contribution in [1.29, 1.82) is 0 Å². The number of rotatable bonds is 2. The van der Waals surface area contributed by atoms with Crippen molar-refractivity contribution in [2.75, 3.05) is 13.7 Å². The monoisotopic (exact) mass is 159 g/mol. The van der Waals surface area contributed by atoms with Crippen molar-refractivity contribution < 1.29 is 9.63 Å². The van der Waals surface area contributed by atoms with Crippen molar-refractivity contribution in [3.05, 3.63) is 0 Å². The van der Waals surface area contributed by atoms with Crippen molar-refractivity contribution in [2.24, 2.45) is 5.41 Å². The molecule has 0 saturated carbocycles. The van der Waals surface area contributed by atoms with Gasteiger partial charge >= 0.3 is 0 Å². The maximum absolute atomic E-state index is 11.4. The predicted octanol–water partition coefficient (Wildman–Crippen LogP) is 1.44. The third-order valence-electron chi connectivity index (χ3n) is 1.25. The third-order valence-corrected chi connectivity index (χ3v) is 1.25. The van der Waals surface area contributed by atoms with E-state index in [1.54, 1.807) is 7.05 Å². The van der Waals surface area contributed by atoms with Crippen LogP contribution in [0.1, 0.15) is 27.7 Å². The molecule has 0 N–H and O–H groups in total. The molecule has 0 rings (SSSR count). The van der Waals surface area contributed by atoms with E-state index in [-0.39, 0.29) is 11.3 Å². The van der Waals surface area contributed by atoms with Crippen LogP contribution in [0.3, 0.4) is 0 Å². The highest BCUT2D eigenvalue weighted by Gasteiger charge is 2.25. The molecule has 0 heterocycles. The molecule has 0 bridgehead atoms. The highest BCUT2D eigenvalue weighted by Crippen LogP contribution is 2.16. The Morgan fingerprint density at radius 3 is 2.18 bits per heavy atom. The largest absolute Gasteiger partial charge is 0.272 e. The van der Waals surface area contributed by atoms with Crippen LogP contribution in [0.25, 0.3) is 0 Å². The van der Waals surface area contributed by atoms with Crippen molar-refractivity contribution >= 4 is 5.91 Å². The molecular weight excluding hydrogens is 142 g/mol. The SMILES string of the molecule is CCON(C)C(=O)C(C)(C)C. The topological polar surface area (TPSA) is 29.5 Å². The van der Waals surface area contributed by atoms with Crippen molar-refractivity contribution in [2.45, 2.75) is 27.7 Å². The lowest BCUT2D eigenvalue weighted by molar-refractivity contribution is -0.185. The first kappa shape index (κ1) is 10.4. The van der Waals surface area contributed by atoms with E-state index < -0.39 is 0 Å². The highest BCUT2D eigenvalue weighted by atomic mass is 16.7. The van der Waals surface area contributed by atoms with Crippen LogP contribution < -0.4 is 0 Å². The van der Waals surface area contributed by atoms with Crippen molar-refractivity contribution in [3.8, 4) is 0 Å². The number of carbonyl (C=O) groups is 1. The zero-order valence-corrected chi connectivity index (χ0v) is 7.97. The van der Waals surface area contributed by atoms with Crippen LogP contribution in [0.2, 0.25) is 0 Å². The lowest BCUT2D eigenvalue weighted by Crippen LogP contribution is -2.36. The molecule has 0 radical (unpaired) electrons. The number of nitrogens with zero attached hydrogens (tertiary/aromatic N) is 1. The van der Waals surface area contributed by atoms with Crippen LogP contribution in [0.5, 0.6) is 0 Å². The Kier molecular flexibility index (Phi) is 3.52. The third kappa shape index (κ3) is 3.37. The van der Waals surface area contributed by atoms with Gasteiger partial charge in [-0.25, -0.2) is 5.06 Å². The number of hydrogen-bond acceptors (Lipinski definition) is 2. The van der Waals surface area contributed by atoms with Crippen molar-refractivity contribution in [3.63, 3.8) is 0 Å². The second-order valence-corrected chi connectivity index (χ2v) is 3.47. The Hall–Kier alpha value is -0.570. The minimum atomic E-state index is -0.357. The van der Waals surface area contributed by atoms with Gasteiger partial charge in [0.25, 0.3) is 5.91 Å². The fourth-order valence-electron chi connectivity index (χ4n) is 0.725. The molecule has 0 fully saturated rings. The quantitative estimate of drug-likeness (QED) is 0.571. The van der Waals surface area contributed by atoms with Crippen LogP contribution in [0.4, 0.5) is 0 Å². The molecule has 66 valence electrons. The second-order valence-electron chi connectivity index (χ2n) is 3.47. The zero-order chi connectivity index (χ0) is 9.07. The molecule has 0 saturated heterocycles. The predicted molar refractivity (Wildman–Crippen MR) is 43.9 cm³/mol. The Balaban J connectivity index is 4.03. The fraction of sp³-hybridized carbons (Fsp3) is 0.875. The summed E-state index contributed by atoms with van der Waals surface area (Å²) >= 11 is 0. The molecule has 0 aromatic heterocycles. The molecule has 0 unspecified atom stereocenters. The van der Waals surface area contributed by atoms with Gasteiger partial charge in [0, 0.05) is 12.5 Å². The number of hydrogen-bond donors (Lipinski definition) is 0. The van der Waals surface area contributed by atoms with Gasteiger partial charge in [-0.3, -0.25) is 9.63 Å². The molecule has 0 spiro atoms. The lowest BCUT2D eigenvalue weighted by Gasteiger charge is -2.24. The summed E-state index contributed by atoms with van der Waals surface area (Å²) in [6.07, 6.45) is 0. The molecular formula is C8H17NO2. The molecule has 0 aromatic rings. The van der Waals surface area contributed by atoms with Crippen LogP contribution in [-0.4, -0.2) is 24.6 Å². The summed E-state index contributed by atoms with van der Waals surface area (Å²) in [5, 5.41) is 1.29. The summed E-state index contributed by atoms with van der Waals surface area (Å²) in [6.45, 7) is 7.98. The minimum Gasteiger partial charge on any atom is -0.272 e. The Labute approximate surface area is 68.3 Å². The first-order valence-corrected chi connectivity index (χ1v) is 3.80. The highest BCUT2D eigenvalue weighted by molar-refractivity contribution is 5.80. The fourth-order valence-corrected chi connectivity index (χ4v) is 0.725. The molecule has 0 aromatic carbocycles. The van der Waals surface area contributed by atoms with Crippen molar-refractivity contribution in [1.82, 2.24) is 5.06 Å². The van der Waals surface area contributed by atoms with Gasteiger partial charge in [0.1, 0.15) is 0 Å². The molecule has 0 aliphatic rings. The van der Waals surface area contributed by atoms with E-state index in [0.29, 0.717) is 6.61 Å². The van der Waals surface area contributed by atoms with E-state index >= 15 is 0 Å². The summed E-state index contributed by atoms with van der Waals surface area (Å²) in [4.78, 5) is 16.4. The molecule has 1 amide bonds. The van der Waals surface area contributed by atoms with Gasteiger partial charge in [0.05, 0.1) is 6.61 Å². The summed E-state index contributed by atoms with van der Waals surface area (Å²) < 4.78 is 0. The minimum absolute atomic E-state index is 0.000602. The molecule has 0 aliphatic carbocycles. The van der Waals surface area contributed by atoms with Gasteiger partial charge in [0.2, 0.25) is 0 Å². The average Bonchev–Trinajstić information content (AvgIpc) is 1.85. The normalized spacial score (nSPS) is 11.4. The Morgan fingerprint density at radius 2 is 1.91 bits per heavy atom. The number of amides is 1. The maximum Gasteiger partial charge on any atom is 0.251 e. The van der Waals surface area contributed by atoms with Gasteiger partial charge in [-0.05, 0) is 6.92 Å². The van der Waals surface area contributed by atoms with Crippen LogP contribution >= 0.6 is 0 Å². The van der Waals surface area contributed by atoms with Gasteiger partial charge < -0.3 is 0 Å². The lowest BCUT2D eigenvalue weighted by atomic mass is 9.96. The Bertz CT molecular complexity index is 138. The summed E-state index contributed by atoms with van der Waals surface area (Å²) in [6, 6.07) is 0. The molecule has 11 heavy (non-hydrogen) atoms. The average molecular weight is 159 g/mol.